The van der Waals surface area contributed by atoms with Gasteiger partial charge >= 0.3 is 18.0 Å². The number of urea groups is 1. The minimum absolute atomic E-state index is 0.181. The first-order valence-corrected chi connectivity index (χ1v) is 8.68. The molecule has 1 aliphatic heterocycles. The van der Waals surface area contributed by atoms with E-state index in [1.807, 2.05) is 30.3 Å². The second kappa shape index (κ2) is 7.19. The number of ether oxygens (including phenoxy) is 2. The van der Waals surface area contributed by atoms with E-state index < -0.39 is 23.5 Å². The lowest BCUT2D eigenvalue weighted by Gasteiger charge is -2.26. The van der Waals surface area contributed by atoms with Crippen molar-refractivity contribution in [1.29, 1.82) is 0 Å². The summed E-state index contributed by atoms with van der Waals surface area (Å²) < 4.78 is 10.5. The van der Waals surface area contributed by atoms with E-state index >= 15 is 0 Å². The molecule has 138 valence electrons. The number of amides is 2. The molecule has 3 rings (SSSR count). The van der Waals surface area contributed by atoms with E-state index in [2.05, 4.69) is 10.6 Å². The van der Waals surface area contributed by atoms with Crippen molar-refractivity contribution in [2.24, 2.45) is 0 Å². The Balaban J connectivity index is 1.76. The van der Waals surface area contributed by atoms with Gasteiger partial charge in [0.25, 0.3) is 0 Å². The molecule has 26 heavy (non-hydrogen) atoms. The van der Waals surface area contributed by atoms with Crippen molar-refractivity contribution >= 4 is 18.0 Å². The highest BCUT2D eigenvalue weighted by Crippen LogP contribution is 2.49. The SMILES string of the molecule is CCOC(=O)C1=C(COC(=O)C2(c3ccccc3)CC2)NC(=O)N[C@@H]1C. The Morgan fingerprint density at radius 2 is 1.88 bits per heavy atom. The smallest absolute Gasteiger partial charge is 0.338 e. The van der Waals surface area contributed by atoms with Crippen LogP contribution in [0.4, 0.5) is 4.79 Å². The number of carbonyl (C=O) groups is 3. The van der Waals surface area contributed by atoms with Crippen molar-refractivity contribution < 1.29 is 23.9 Å². The Bertz CT molecular complexity index is 752. The van der Waals surface area contributed by atoms with Gasteiger partial charge < -0.3 is 20.1 Å². The van der Waals surface area contributed by atoms with E-state index in [0.717, 1.165) is 18.4 Å². The molecule has 1 aliphatic carbocycles. The third-order valence-corrected chi connectivity index (χ3v) is 4.68. The molecule has 1 aromatic carbocycles. The van der Waals surface area contributed by atoms with Crippen molar-refractivity contribution in [2.45, 2.75) is 38.1 Å². The van der Waals surface area contributed by atoms with Crippen molar-refractivity contribution in [2.75, 3.05) is 13.2 Å². The molecule has 1 aromatic rings. The van der Waals surface area contributed by atoms with Crippen LogP contribution in [0.15, 0.2) is 41.6 Å². The average molecular weight is 358 g/mol. The minimum atomic E-state index is -0.617. The number of hydrogen-bond donors (Lipinski definition) is 2. The molecule has 7 heteroatoms. The van der Waals surface area contributed by atoms with E-state index in [-0.39, 0.29) is 30.5 Å². The summed E-state index contributed by atoms with van der Waals surface area (Å²) in [5.74, 6) is -0.886. The summed E-state index contributed by atoms with van der Waals surface area (Å²) in [5.41, 5.74) is 0.835. The van der Waals surface area contributed by atoms with Gasteiger partial charge in [0, 0.05) is 0 Å². The van der Waals surface area contributed by atoms with Crippen LogP contribution in [0.2, 0.25) is 0 Å². The first kappa shape index (κ1) is 18.0. The van der Waals surface area contributed by atoms with E-state index in [0.29, 0.717) is 0 Å². The second-order valence-electron chi connectivity index (χ2n) is 6.46. The predicted octanol–water partition coefficient (Wildman–Crippen LogP) is 1.78. The molecular weight excluding hydrogens is 336 g/mol. The zero-order valence-electron chi connectivity index (χ0n) is 14.8. The molecule has 0 saturated heterocycles. The molecular formula is C19H22N2O5. The monoisotopic (exact) mass is 358 g/mol. The highest BCUT2D eigenvalue weighted by Gasteiger charge is 2.52. The van der Waals surface area contributed by atoms with Crippen LogP contribution in [0.3, 0.4) is 0 Å². The number of carbonyl (C=O) groups excluding carboxylic acids is 3. The molecule has 1 heterocycles. The molecule has 0 radical (unpaired) electrons. The molecule has 2 amide bonds. The molecule has 1 fully saturated rings. The van der Waals surface area contributed by atoms with Gasteiger partial charge in [-0.3, -0.25) is 4.79 Å². The second-order valence-corrected chi connectivity index (χ2v) is 6.46. The van der Waals surface area contributed by atoms with Crippen LogP contribution < -0.4 is 10.6 Å². The molecule has 1 atom stereocenters. The predicted molar refractivity (Wildman–Crippen MR) is 93.1 cm³/mol. The van der Waals surface area contributed by atoms with E-state index in [4.69, 9.17) is 9.47 Å². The first-order valence-electron chi connectivity index (χ1n) is 8.68. The Morgan fingerprint density at radius 1 is 1.19 bits per heavy atom. The van der Waals surface area contributed by atoms with Gasteiger partial charge in [-0.2, -0.15) is 0 Å². The van der Waals surface area contributed by atoms with Gasteiger partial charge in [-0.05, 0) is 32.3 Å². The van der Waals surface area contributed by atoms with E-state index in [1.54, 1.807) is 13.8 Å². The number of esters is 2. The van der Waals surface area contributed by atoms with E-state index in [1.165, 1.54) is 0 Å². The zero-order valence-corrected chi connectivity index (χ0v) is 14.8. The van der Waals surface area contributed by atoms with Crippen molar-refractivity contribution in [3.63, 3.8) is 0 Å². The van der Waals surface area contributed by atoms with Crippen LogP contribution in [-0.4, -0.2) is 37.2 Å². The molecule has 0 bridgehead atoms. The largest absolute Gasteiger partial charge is 0.463 e. The maximum atomic E-state index is 12.6. The summed E-state index contributed by atoms with van der Waals surface area (Å²) in [7, 11) is 0. The van der Waals surface area contributed by atoms with Gasteiger partial charge in [0.05, 0.1) is 29.3 Å². The molecule has 0 aromatic heterocycles. The minimum Gasteiger partial charge on any atom is -0.463 e. The van der Waals surface area contributed by atoms with Gasteiger partial charge in [0.1, 0.15) is 6.61 Å². The number of benzene rings is 1. The summed E-state index contributed by atoms with van der Waals surface area (Å²) in [4.78, 5) is 36.6. The maximum absolute atomic E-state index is 12.6. The normalized spacial score (nSPS) is 20.7. The molecule has 2 aliphatic rings. The lowest BCUT2D eigenvalue weighted by molar-refractivity contribution is -0.146. The summed E-state index contributed by atoms with van der Waals surface area (Å²) in [6.07, 6.45) is 1.45. The van der Waals surface area contributed by atoms with Crippen LogP contribution >= 0.6 is 0 Å². The molecule has 7 nitrogen and oxygen atoms in total. The number of rotatable bonds is 6. The summed E-state index contributed by atoms with van der Waals surface area (Å²) in [6.45, 7) is 3.42. The number of hydrogen-bond acceptors (Lipinski definition) is 5. The fourth-order valence-electron chi connectivity index (χ4n) is 3.16. The van der Waals surface area contributed by atoms with Crippen molar-refractivity contribution in [3.8, 4) is 0 Å². The lowest BCUT2D eigenvalue weighted by Crippen LogP contribution is -2.50. The molecule has 2 N–H and O–H groups in total. The first-order chi connectivity index (χ1) is 12.5. The average Bonchev–Trinajstić information content (AvgIpc) is 3.42. The zero-order chi connectivity index (χ0) is 18.7. The fraction of sp³-hybridized carbons (Fsp3) is 0.421. The molecule has 1 saturated carbocycles. The Kier molecular flexibility index (Phi) is 4.97. The van der Waals surface area contributed by atoms with Crippen LogP contribution in [0.25, 0.3) is 0 Å². The van der Waals surface area contributed by atoms with Crippen LogP contribution in [-0.2, 0) is 24.5 Å². The van der Waals surface area contributed by atoms with Crippen molar-refractivity contribution in [1.82, 2.24) is 10.6 Å². The lowest BCUT2D eigenvalue weighted by atomic mass is 9.96. The Hall–Kier alpha value is -2.83. The maximum Gasteiger partial charge on any atom is 0.338 e. The van der Waals surface area contributed by atoms with Crippen molar-refractivity contribution in [3.05, 3.63) is 47.2 Å². The Morgan fingerprint density at radius 3 is 2.50 bits per heavy atom. The number of nitrogens with one attached hydrogen (secondary N) is 2. The topological polar surface area (TPSA) is 93.7 Å². The fourth-order valence-corrected chi connectivity index (χ4v) is 3.16. The highest BCUT2D eigenvalue weighted by atomic mass is 16.5. The van der Waals surface area contributed by atoms with Crippen LogP contribution in [0, 0.1) is 0 Å². The van der Waals surface area contributed by atoms with Gasteiger partial charge in [0.15, 0.2) is 0 Å². The highest BCUT2D eigenvalue weighted by molar-refractivity contribution is 5.95. The molecule has 0 unspecified atom stereocenters. The summed E-state index contributed by atoms with van der Waals surface area (Å²) in [6, 6.07) is 8.52. The molecule has 0 spiro atoms. The van der Waals surface area contributed by atoms with Crippen LogP contribution in [0.5, 0.6) is 0 Å². The van der Waals surface area contributed by atoms with Gasteiger partial charge in [0.2, 0.25) is 0 Å². The summed E-state index contributed by atoms with van der Waals surface area (Å²) >= 11 is 0. The van der Waals surface area contributed by atoms with E-state index in [9.17, 15) is 14.4 Å². The third kappa shape index (κ3) is 3.42. The van der Waals surface area contributed by atoms with Gasteiger partial charge in [-0.15, -0.1) is 0 Å². The summed E-state index contributed by atoms with van der Waals surface area (Å²) in [5, 5.41) is 5.16. The third-order valence-electron chi connectivity index (χ3n) is 4.68. The van der Waals surface area contributed by atoms with Gasteiger partial charge in [-0.25, -0.2) is 9.59 Å². The van der Waals surface area contributed by atoms with Crippen LogP contribution in [0.1, 0.15) is 32.3 Å². The quantitative estimate of drug-likeness (QED) is 0.756. The standard InChI is InChI=1S/C19H22N2O5/c1-3-25-16(22)15-12(2)20-18(24)21-14(15)11-26-17(23)19(9-10-19)13-7-5-4-6-8-13/h4-8,12H,3,9-11H2,1-2H3,(H2,20,21,24)/t12-/m1/s1. The Labute approximate surface area is 151 Å². The van der Waals surface area contributed by atoms with Gasteiger partial charge in [-0.1, -0.05) is 30.3 Å².